The van der Waals surface area contributed by atoms with Crippen LogP contribution in [0, 0.1) is 0 Å². The molecule has 126 valence electrons. The van der Waals surface area contributed by atoms with Gasteiger partial charge in [-0.25, -0.2) is 0 Å². The van der Waals surface area contributed by atoms with E-state index in [0.29, 0.717) is 23.6 Å². The average Bonchev–Trinajstić information content (AvgIpc) is 2.61. The van der Waals surface area contributed by atoms with Crippen LogP contribution in [0.1, 0.15) is 11.1 Å². The van der Waals surface area contributed by atoms with Gasteiger partial charge in [-0.15, -0.1) is 0 Å². The third-order valence-corrected chi connectivity index (χ3v) is 3.46. The predicted octanol–water partition coefficient (Wildman–Crippen LogP) is 2.89. The van der Waals surface area contributed by atoms with Crippen LogP contribution in [0.5, 0.6) is 11.5 Å². The van der Waals surface area contributed by atoms with E-state index in [9.17, 15) is 4.79 Å². The fourth-order valence-electron chi connectivity index (χ4n) is 2.20. The monoisotopic (exact) mass is 327 g/mol. The molecule has 0 unspecified atom stereocenters. The van der Waals surface area contributed by atoms with Crippen molar-refractivity contribution in [1.82, 2.24) is 0 Å². The molecule has 2 N–H and O–H groups in total. The van der Waals surface area contributed by atoms with Crippen molar-refractivity contribution in [3.8, 4) is 11.5 Å². The Bertz CT molecular complexity index is 708. The minimum absolute atomic E-state index is 0.111. The molecule has 1 amide bonds. The Labute approximate surface area is 141 Å². The lowest BCUT2D eigenvalue weighted by molar-refractivity contribution is -0.111. The normalized spacial score (nSPS) is 10.6. The van der Waals surface area contributed by atoms with Gasteiger partial charge in [0.25, 0.3) is 0 Å². The van der Waals surface area contributed by atoms with Crippen molar-refractivity contribution in [1.29, 1.82) is 0 Å². The molecule has 0 aliphatic rings. The van der Waals surface area contributed by atoms with Crippen molar-refractivity contribution < 1.29 is 19.4 Å². The zero-order chi connectivity index (χ0) is 17.4. The molecule has 0 saturated carbocycles. The first kappa shape index (κ1) is 17.6. The lowest BCUT2D eigenvalue weighted by Gasteiger charge is -2.07. The van der Waals surface area contributed by atoms with Gasteiger partial charge in [0.2, 0.25) is 5.91 Å². The van der Waals surface area contributed by atoms with Gasteiger partial charge < -0.3 is 19.9 Å². The second-order valence-electron chi connectivity index (χ2n) is 5.11. The Hall–Kier alpha value is -2.79. The molecule has 0 fully saturated rings. The summed E-state index contributed by atoms with van der Waals surface area (Å²) >= 11 is 0. The van der Waals surface area contributed by atoms with Gasteiger partial charge in [0, 0.05) is 18.4 Å². The summed E-state index contributed by atoms with van der Waals surface area (Å²) in [6, 6.07) is 12.8. The van der Waals surface area contributed by atoms with Crippen molar-refractivity contribution in [3.05, 3.63) is 59.7 Å². The van der Waals surface area contributed by atoms with Crippen LogP contribution in [0.3, 0.4) is 0 Å². The Balaban J connectivity index is 1.99. The zero-order valence-electron chi connectivity index (χ0n) is 13.8. The smallest absolute Gasteiger partial charge is 0.248 e. The number of hydrogen-bond donors (Lipinski definition) is 2. The summed E-state index contributed by atoms with van der Waals surface area (Å²) in [6.07, 6.45) is 3.77. The number of anilines is 1. The van der Waals surface area contributed by atoms with Crippen LogP contribution in [0.25, 0.3) is 6.08 Å². The third-order valence-electron chi connectivity index (χ3n) is 3.46. The number of amides is 1. The first-order valence-corrected chi connectivity index (χ1v) is 7.57. The summed E-state index contributed by atoms with van der Waals surface area (Å²) in [7, 11) is 3.14. The van der Waals surface area contributed by atoms with Gasteiger partial charge in [0.15, 0.2) is 11.5 Å². The Morgan fingerprint density at radius 2 is 1.79 bits per heavy atom. The topological polar surface area (TPSA) is 67.8 Å². The van der Waals surface area contributed by atoms with Crippen molar-refractivity contribution in [3.63, 3.8) is 0 Å². The fraction of sp³-hybridized carbons (Fsp3) is 0.211. The highest BCUT2D eigenvalue weighted by Gasteiger charge is 2.03. The molecule has 2 aromatic carbocycles. The Morgan fingerprint density at radius 1 is 1.08 bits per heavy atom. The van der Waals surface area contributed by atoms with Crippen LogP contribution < -0.4 is 14.8 Å². The quantitative estimate of drug-likeness (QED) is 0.767. The lowest BCUT2D eigenvalue weighted by Crippen LogP contribution is -2.07. The maximum Gasteiger partial charge on any atom is 0.248 e. The molecule has 2 aromatic rings. The largest absolute Gasteiger partial charge is 0.493 e. The molecule has 24 heavy (non-hydrogen) atoms. The number of nitrogens with one attached hydrogen (secondary N) is 1. The van der Waals surface area contributed by atoms with Crippen LogP contribution in [-0.2, 0) is 11.2 Å². The van der Waals surface area contributed by atoms with Crippen LogP contribution in [0.4, 0.5) is 5.69 Å². The number of aliphatic hydroxyl groups excluding tert-OH is 1. The van der Waals surface area contributed by atoms with Crippen LogP contribution in [0.15, 0.2) is 48.5 Å². The molecule has 0 atom stereocenters. The predicted molar refractivity (Wildman–Crippen MR) is 94.4 cm³/mol. The number of hydrogen-bond acceptors (Lipinski definition) is 4. The van der Waals surface area contributed by atoms with Crippen LogP contribution >= 0.6 is 0 Å². The summed E-state index contributed by atoms with van der Waals surface area (Å²) in [6.45, 7) is 0.111. The molecule has 5 heteroatoms. The highest BCUT2D eigenvalue weighted by molar-refractivity contribution is 6.01. The Kier molecular flexibility index (Phi) is 6.40. The molecule has 0 bridgehead atoms. The highest BCUT2D eigenvalue weighted by atomic mass is 16.5. The first-order valence-electron chi connectivity index (χ1n) is 7.57. The third kappa shape index (κ3) is 4.86. The molecule has 0 aromatic heterocycles. The van der Waals surface area contributed by atoms with Gasteiger partial charge >= 0.3 is 0 Å². The molecule has 0 saturated heterocycles. The standard InChI is InChI=1S/C19H21NO4/c1-23-17-9-5-15(13-18(17)24-2)6-10-19(22)20-16-7-3-14(4-8-16)11-12-21/h3-10,13,21H,11-12H2,1-2H3,(H,20,22). The summed E-state index contributed by atoms with van der Waals surface area (Å²) in [5.74, 6) is 1.03. The average molecular weight is 327 g/mol. The van der Waals surface area contributed by atoms with Gasteiger partial charge in [0.05, 0.1) is 14.2 Å². The van der Waals surface area contributed by atoms with Gasteiger partial charge in [-0.1, -0.05) is 18.2 Å². The molecular weight excluding hydrogens is 306 g/mol. The van der Waals surface area contributed by atoms with E-state index < -0.39 is 0 Å². The van der Waals surface area contributed by atoms with Crippen molar-refractivity contribution in [2.45, 2.75) is 6.42 Å². The maximum absolute atomic E-state index is 12.0. The maximum atomic E-state index is 12.0. The molecule has 5 nitrogen and oxygen atoms in total. The molecule has 0 aliphatic heterocycles. The number of carbonyl (C=O) groups excluding carboxylic acids is 1. The summed E-state index contributed by atoms with van der Waals surface area (Å²) < 4.78 is 10.4. The first-order chi connectivity index (χ1) is 11.7. The van der Waals surface area contributed by atoms with E-state index in [1.807, 2.05) is 30.3 Å². The minimum Gasteiger partial charge on any atom is -0.493 e. The number of rotatable bonds is 7. The zero-order valence-corrected chi connectivity index (χ0v) is 13.8. The van der Waals surface area contributed by atoms with Crippen molar-refractivity contribution in [2.24, 2.45) is 0 Å². The molecule has 0 aliphatic carbocycles. The van der Waals surface area contributed by atoms with E-state index in [1.54, 1.807) is 32.4 Å². The SMILES string of the molecule is COc1ccc(C=CC(=O)Nc2ccc(CCO)cc2)cc1OC. The van der Waals surface area contributed by atoms with E-state index in [-0.39, 0.29) is 12.5 Å². The number of ether oxygens (including phenoxy) is 2. The second-order valence-corrected chi connectivity index (χ2v) is 5.11. The van der Waals surface area contributed by atoms with Crippen molar-refractivity contribution in [2.75, 3.05) is 26.1 Å². The number of carbonyl (C=O) groups is 1. The van der Waals surface area contributed by atoms with Crippen LogP contribution in [0.2, 0.25) is 0 Å². The van der Waals surface area contributed by atoms with Gasteiger partial charge in [0.1, 0.15) is 0 Å². The van der Waals surface area contributed by atoms with Gasteiger partial charge in [-0.05, 0) is 47.9 Å². The highest BCUT2D eigenvalue weighted by Crippen LogP contribution is 2.27. The number of benzene rings is 2. The summed E-state index contributed by atoms with van der Waals surface area (Å²) in [5.41, 5.74) is 2.57. The number of methoxy groups -OCH3 is 2. The summed E-state index contributed by atoms with van der Waals surface area (Å²) in [4.78, 5) is 12.0. The van der Waals surface area contributed by atoms with E-state index in [4.69, 9.17) is 14.6 Å². The molecule has 2 rings (SSSR count). The van der Waals surface area contributed by atoms with Gasteiger partial charge in [-0.2, -0.15) is 0 Å². The molecule has 0 radical (unpaired) electrons. The van der Waals surface area contributed by atoms with E-state index in [1.165, 1.54) is 6.08 Å². The van der Waals surface area contributed by atoms with Gasteiger partial charge in [-0.3, -0.25) is 4.79 Å². The van der Waals surface area contributed by atoms with Crippen LogP contribution in [-0.4, -0.2) is 31.8 Å². The lowest BCUT2D eigenvalue weighted by atomic mass is 10.1. The Morgan fingerprint density at radius 3 is 2.42 bits per heavy atom. The number of aliphatic hydroxyl groups is 1. The summed E-state index contributed by atoms with van der Waals surface area (Å²) in [5, 5.41) is 11.7. The van der Waals surface area contributed by atoms with E-state index in [0.717, 1.165) is 11.1 Å². The van der Waals surface area contributed by atoms with E-state index >= 15 is 0 Å². The van der Waals surface area contributed by atoms with Crippen molar-refractivity contribution >= 4 is 17.7 Å². The van der Waals surface area contributed by atoms with E-state index in [2.05, 4.69) is 5.32 Å². The fourth-order valence-corrected chi connectivity index (χ4v) is 2.20. The minimum atomic E-state index is -0.223. The second kappa shape index (κ2) is 8.74. The molecule has 0 spiro atoms. The molecular formula is C19H21NO4. The molecule has 0 heterocycles.